The van der Waals surface area contributed by atoms with Crippen molar-refractivity contribution in [3.05, 3.63) is 0 Å². The highest BCUT2D eigenvalue weighted by atomic mass is 16.5. The quantitative estimate of drug-likeness (QED) is 0.717. The molecule has 0 aromatic carbocycles. The number of ether oxygens (including phenoxy) is 1. The number of nitrogens with one attached hydrogen (secondary N) is 1. The average molecular weight is 241 g/mol. The Morgan fingerprint density at radius 2 is 2.12 bits per heavy atom. The van der Waals surface area contributed by atoms with E-state index in [2.05, 4.69) is 19.2 Å². The normalized spacial score (nSPS) is 33.5. The fourth-order valence-corrected chi connectivity index (χ4v) is 3.09. The van der Waals surface area contributed by atoms with Crippen molar-refractivity contribution in [3.63, 3.8) is 0 Å². The number of hydrogen-bond donors (Lipinski definition) is 2. The molecular formula is C14H27NO2. The molecule has 17 heavy (non-hydrogen) atoms. The summed E-state index contributed by atoms with van der Waals surface area (Å²) in [5.41, 5.74) is 0.00149. The van der Waals surface area contributed by atoms with Gasteiger partial charge in [0.2, 0.25) is 0 Å². The van der Waals surface area contributed by atoms with Crippen molar-refractivity contribution in [3.8, 4) is 0 Å². The van der Waals surface area contributed by atoms with Crippen molar-refractivity contribution in [2.24, 2.45) is 5.92 Å². The van der Waals surface area contributed by atoms with Gasteiger partial charge in [-0.15, -0.1) is 0 Å². The van der Waals surface area contributed by atoms with E-state index in [4.69, 9.17) is 4.74 Å². The van der Waals surface area contributed by atoms with Crippen molar-refractivity contribution in [2.45, 2.75) is 70.1 Å². The molecule has 3 heteroatoms. The average Bonchev–Trinajstić information content (AvgIpc) is 3.00. The van der Waals surface area contributed by atoms with Gasteiger partial charge in [-0.3, -0.25) is 0 Å². The lowest BCUT2D eigenvalue weighted by molar-refractivity contribution is 0.0483. The van der Waals surface area contributed by atoms with Crippen molar-refractivity contribution < 1.29 is 9.84 Å². The minimum atomic E-state index is 0.00149. The monoisotopic (exact) mass is 241 g/mol. The van der Waals surface area contributed by atoms with Crippen molar-refractivity contribution in [2.75, 3.05) is 13.2 Å². The van der Waals surface area contributed by atoms with Crippen molar-refractivity contribution in [1.29, 1.82) is 0 Å². The summed E-state index contributed by atoms with van der Waals surface area (Å²) < 4.78 is 5.65. The first-order chi connectivity index (χ1) is 8.16. The second-order valence-electron chi connectivity index (χ2n) is 6.03. The molecule has 2 unspecified atom stereocenters. The molecule has 0 spiro atoms. The highest BCUT2D eigenvalue weighted by Crippen LogP contribution is 2.40. The number of aliphatic hydroxyl groups is 1. The summed E-state index contributed by atoms with van der Waals surface area (Å²) in [4.78, 5) is 0. The van der Waals surface area contributed by atoms with E-state index in [-0.39, 0.29) is 12.1 Å². The molecule has 0 radical (unpaired) electrons. The predicted octanol–water partition coefficient (Wildman–Crippen LogP) is 2.08. The molecule has 0 amide bonds. The van der Waals surface area contributed by atoms with Gasteiger partial charge in [-0.05, 0) is 51.9 Å². The van der Waals surface area contributed by atoms with Crippen LogP contribution in [-0.4, -0.2) is 36.0 Å². The molecule has 100 valence electrons. The topological polar surface area (TPSA) is 41.5 Å². The van der Waals surface area contributed by atoms with Gasteiger partial charge in [0, 0.05) is 18.2 Å². The SMILES string of the molecule is CC(C)OCCC1CCCC1(CO)NC1CC1. The maximum Gasteiger partial charge on any atom is 0.0616 e. The summed E-state index contributed by atoms with van der Waals surface area (Å²) in [6, 6.07) is 0.675. The largest absolute Gasteiger partial charge is 0.394 e. The van der Waals surface area contributed by atoms with Crippen LogP contribution in [0.2, 0.25) is 0 Å². The lowest BCUT2D eigenvalue weighted by atomic mass is 9.85. The Hall–Kier alpha value is -0.120. The maximum absolute atomic E-state index is 9.77. The predicted molar refractivity (Wildman–Crippen MR) is 69.0 cm³/mol. The van der Waals surface area contributed by atoms with Crippen LogP contribution in [0.15, 0.2) is 0 Å². The Bertz CT molecular complexity index is 240. The maximum atomic E-state index is 9.77. The zero-order chi connectivity index (χ0) is 12.3. The van der Waals surface area contributed by atoms with Gasteiger partial charge in [0.25, 0.3) is 0 Å². The van der Waals surface area contributed by atoms with Gasteiger partial charge >= 0.3 is 0 Å². The molecule has 0 heterocycles. The first-order valence-corrected chi connectivity index (χ1v) is 7.16. The van der Waals surface area contributed by atoms with E-state index in [1.165, 1.54) is 25.7 Å². The highest BCUT2D eigenvalue weighted by Gasteiger charge is 2.44. The fraction of sp³-hybridized carbons (Fsp3) is 1.00. The Balaban J connectivity index is 1.84. The number of hydrogen-bond acceptors (Lipinski definition) is 3. The van der Waals surface area contributed by atoms with E-state index in [1.54, 1.807) is 0 Å². The second-order valence-corrected chi connectivity index (χ2v) is 6.03. The first kappa shape index (κ1) is 13.3. The summed E-state index contributed by atoms with van der Waals surface area (Å²) in [5, 5.41) is 13.5. The first-order valence-electron chi connectivity index (χ1n) is 7.16. The lowest BCUT2D eigenvalue weighted by Gasteiger charge is -2.35. The van der Waals surface area contributed by atoms with E-state index in [9.17, 15) is 5.11 Å². The third kappa shape index (κ3) is 3.43. The zero-order valence-corrected chi connectivity index (χ0v) is 11.2. The standard InChI is InChI=1S/C14H27NO2/c1-11(2)17-9-7-12-4-3-8-14(12,10-16)15-13-5-6-13/h11-13,15-16H,3-10H2,1-2H3. The molecule has 2 rings (SSSR count). The van der Waals surface area contributed by atoms with Crippen LogP contribution >= 0.6 is 0 Å². The second kappa shape index (κ2) is 5.68. The Kier molecular flexibility index (Phi) is 4.45. The van der Waals surface area contributed by atoms with Gasteiger partial charge in [0.05, 0.1) is 12.7 Å². The van der Waals surface area contributed by atoms with Gasteiger partial charge < -0.3 is 15.2 Å². The fourth-order valence-electron chi connectivity index (χ4n) is 3.09. The van der Waals surface area contributed by atoms with Crippen LogP contribution < -0.4 is 5.32 Å². The molecule has 2 fully saturated rings. The van der Waals surface area contributed by atoms with Crippen LogP contribution in [0.25, 0.3) is 0 Å². The summed E-state index contributed by atoms with van der Waals surface area (Å²) in [5.74, 6) is 0.590. The molecule has 2 N–H and O–H groups in total. The van der Waals surface area contributed by atoms with E-state index in [1.807, 2.05) is 0 Å². The Labute approximate surface area is 105 Å². The minimum Gasteiger partial charge on any atom is -0.394 e. The van der Waals surface area contributed by atoms with Crippen molar-refractivity contribution in [1.82, 2.24) is 5.32 Å². The molecule has 0 aliphatic heterocycles. The molecule has 0 saturated heterocycles. The van der Waals surface area contributed by atoms with E-state index >= 15 is 0 Å². The molecule has 2 atom stereocenters. The summed E-state index contributed by atoms with van der Waals surface area (Å²) in [6.45, 7) is 5.28. The van der Waals surface area contributed by atoms with E-state index < -0.39 is 0 Å². The number of aliphatic hydroxyl groups excluding tert-OH is 1. The molecular weight excluding hydrogens is 214 g/mol. The smallest absolute Gasteiger partial charge is 0.0616 e. The molecule has 0 aromatic heterocycles. The van der Waals surface area contributed by atoms with Crippen LogP contribution in [0.5, 0.6) is 0 Å². The summed E-state index contributed by atoms with van der Waals surface area (Å²) in [7, 11) is 0. The van der Waals surface area contributed by atoms with Gasteiger partial charge in [-0.1, -0.05) is 6.42 Å². The minimum absolute atomic E-state index is 0.00149. The van der Waals surface area contributed by atoms with Crippen LogP contribution in [0, 0.1) is 5.92 Å². The van der Waals surface area contributed by atoms with Crippen LogP contribution in [0.3, 0.4) is 0 Å². The van der Waals surface area contributed by atoms with Gasteiger partial charge in [-0.25, -0.2) is 0 Å². The molecule has 0 aromatic rings. The summed E-state index contributed by atoms with van der Waals surface area (Å²) >= 11 is 0. The van der Waals surface area contributed by atoms with Gasteiger partial charge in [0.15, 0.2) is 0 Å². The number of rotatable bonds is 7. The molecule has 0 bridgehead atoms. The van der Waals surface area contributed by atoms with Gasteiger partial charge in [-0.2, -0.15) is 0 Å². The van der Waals surface area contributed by atoms with Crippen molar-refractivity contribution >= 4 is 0 Å². The molecule has 2 aliphatic carbocycles. The lowest BCUT2D eigenvalue weighted by Crippen LogP contribution is -2.52. The van der Waals surface area contributed by atoms with E-state index in [0.29, 0.717) is 18.1 Å². The zero-order valence-electron chi connectivity index (χ0n) is 11.2. The third-order valence-corrected chi connectivity index (χ3v) is 4.23. The van der Waals surface area contributed by atoms with Crippen LogP contribution in [0.4, 0.5) is 0 Å². The Morgan fingerprint density at radius 1 is 1.35 bits per heavy atom. The van der Waals surface area contributed by atoms with Crippen LogP contribution in [-0.2, 0) is 4.74 Å². The third-order valence-electron chi connectivity index (χ3n) is 4.23. The molecule has 3 nitrogen and oxygen atoms in total. The summed E-state index contributed by atoms with van der Waals surface area (Å²) in [6.07, 6.45) is 7.59. The molecule has 2 aliphatic rings. The molecule has 2 saturated carbocycles. The highest BCUT2D eigenvalue weighted by molar-refractivity contribution is 5.02. The van der Waals surface area contributed by atoms with E-state index in [0.717, 1.165) is 19.4 Å². The Morgan fingerprint density at radius 3 is 2.71 bits per heavy atom. The van der Waals surface area contributed by atoms with Gasteiger partial charge in [0.1, 0.15) is 0 Å². The van der Waals surface area contributed by atoms with Crippen LogP contribution in [0.1, 0.15) is 52.4 Å².